The summed E-state index contributed by atoms with van der Waals surface area (Å²) in [6, 6.07) is 7.20. The van der Waals surface area contributed by atoms with Gasteiger partial charge in [0, 0.05) is 6.04 Å². The molecular formula is C15H16F2N2OS. The fourth-order valence-electron chi connectivity index (χ4n) is 2.85. The van der Waals surface area contributed by atoms with Gasteiger partial charge in [0.2, 0.25) is 6.43 Å². The molecule has 3 rings (SSSR count). The van der Waals surface area contributed by atoms with Crippen molar-refractivity contribution in [2.24, 2.45) is 0 Å². The van der Waals surface area contributed by atoms with E-state index in [1.165, 1.54) is 0 Å². The van der Waals surface area contributed by atoms with Crippen LogP contribution in [0.5, 0.6) is 0 Å². The lowest BCUT2D eigenvalue weighted by molar-refractivity contribution is 0.176. The SMILES string of the molecule is O=c1c2ccccc2nc(SCC(F)F)n1C1CCCC1. The molecule has 0 aliphatic heterocycles. The molecule has 21 heavy (non-hydrogen) atoms. The first-order valence-electron chi connectivity index (χ1n) is 7.09. The Hall–Kier alpha value is -1.43. The summed E-state index contributed by atoms with van der Waals surface area (Å²) in [5, 5.41) is 0.983. The molecular weight excluding hydrogens is 294 g/mol. The third kappa shape index (κ3) is 2.95. The third-order valence-electron chi connectivity index (χ3n) is 3.80. The van der Waals surface area contributed by atoms with Crippen LogP contribution in [0.4, 0.5) is 8.78 Å². The molecule has 0 unspecified atom stereocenters. The molecule has 3 nitrogen and oxygen atoms in total. The van der Waals surface area contributed by atoms with Gasteiger partial charge >= 0.3 is 0 Å². The zero-order valence-electron chi connectivity index (χ0n) is 11.5. The van der Waals surface area contributed by atoms with E-state index in [1.807, 2.05) is 0 Å². The predicted molar refractivity (Wildman–Crippen MR) is 80.2 cm³/mol. The number of benzene rings is 1. The van der Waals surface area contributed by atoms with E-state index < -0.39 is 6.43 Å². The Kier molecular flexibility index (Phi) is 4.24. The zero-order valence-corrected chi connectivity index (χ0v) is 12.3. The minimum absolute atomic E-state index is 0.0924. The first-order valence-corrected chi connectivity index (χ1v) is 8.07. The molecule has 1 aromatic heterocycles. The number of para-hydroxylation sites is 1. The van der Waals surface area contributed by atoms with Crippen molar-refractivity contribution >= 4 is 22.7 Å². The van der Waals surface area contributed by atoms with Gasteiger partial charge in [0.25, 0.3) is 5.56 Å². The van der Waals surface area contributed by atoms with Gasteiger partial charge in [-0.05, 0) is 25.0 Å². The van der Waals surface area contributed by atoms with Gasteiger partial charge in [-0.15, -0.1) is 0 Å². The van der Waals surface area contributed by atoms with E-state index >= 15 is 0 Å². The van der Waals surface area contributed by atoms with E-state index in [1.54, 1.807) is 28.8 Å². The smallest absolute Gasteiger partial charge is 0.262 e. The van der Waals surface area contributed by atoms with Crippen LogP contribution in [0.2, 0.25) is 0 Å². The second-order valence-corrected chi connectivity index (χ2v) is 6.21. The van der Waals surface area contributed by atoms with Gasteiger partial charge in [0.1, 0.15) is 0 Å². The van der Waals surface area contributed by atoms with Gasteiger partial charge in [0.05, 0.1) is 16.7 Å². The highest BCUT2D eigenvalue weighted by atomic mass is 32.2. The average Bonchev–Trinajstić information content (AvgIpc) is 2.99. The van der Waals surface area contributed by atoms with Crippen molar-refractivity contribution in [3.05, 3.63) is 34.6 Å². The van der Waals surface area contributed by atoms with Gasteiger partial charge in [-0.2, -0.15) is 0 Å². The highest BCUT2D eigenvalue weighted by molar-refractivity contribution is 7.99. The molecule has 1 aliphatic rings. The molecule has 0 radical (unpaired) electrons. The Morgan fingerprint density at radius 2 is 2.00 bits per heavy atom. The molecule has 1 aromatic carbocycles. The van der Waals surface area contributed by atoms with Crippen LogP contribution in [0.3, 0.4) is 0 Å². The number of hydrogen-bond donors (Lipinski definition) is 0. The maximum Gasteiger partial charge on any atom is 0.262 e. The van der Waals surface area contributed by atoms with Gasteiger partial charge < -0.3 is 0 Å². The molecule has 1 aliphatic carbocycles. The molecule has 112 valence electrons. The van der Waals surface area contributed by atoms with Crippen LogP contribution < -0.4 is 5.56 Å². The van der Waals surface area contributed by atoms with Crippen molar-refractivity contribution in [3.8, 4) is 0 Å². The van der Waals surface area contributed by atoms with E-state index in [9.17, 15) is 13.6 Å². The predicted octanol–water partition coefficient (Wildman–Crippen LogP) is 3.87. The number of aromatic nitrogens is 2. The molecule has 6 heteroatoms. The summed E-state index contributed by atoms with van der Waals surface area (Å²) in [6.45, 7) is 0. The number of alkyl halides is 2. The fraction of sp³-hybridized carbons (Fsp3) is 0.467. The maximum atomic E-state index is 12.7. The Morgan fingerprint density at radius 1 is 1.29 bits per heavy atom. The van der Waals surface area contributed by atoms with Crippen molar-refractivity contribution in [2.75, 3.05) is 5.75 Å². The molecule has 0 bridgehead atoms. The average molecular weight is 310 g/mol. The fourth-order valence-corrected chi connectivity index (χ4v) is 3.66. The number of thioether (sulfide) groups is 1. The second-order valence-electron chi connectivity index (χ2n) is 5.23. The number of fused-ring (bicyclic) bond motifs is 1. The van der Waals surface area contributed by atoms with Gasteiger partial charge in [-0.25, -0.2) is 13.8 Å². The normalized spacial score (nSPS) is 16.1. The van der Waals surface area contributed by atoms with E-state index in [-0.39, 0.29) is 17.4 Å². The summed E-state index contributed by atoms with van der Waals surface area (Å²) in [4.78, 5) is 17.1. The monoisotopic (exact) mass is 310 g/mol. The number of nitrogens with zero attached hydrogens (tertiary/aromatic N) is 2. The van der Waals surface area contributed by atoms with Crippen molar-refractivity contribution < 1.29 is 8.78 Å². The lowest BCUT2D eigenvalue weighted by Crippen LogP contribution is -2.26. The molecule has 2 aromatic rings. The van der Waals surface area contributed by atoms with Crippen molar-refractivity contribution in [1.29, 1.82) is 0 Å². The summed E-state index contributed by atoms with van der Waals surface area (Å²) >= 11 is 0.973. The van der Waals surface area contributed by atoms with Crippen molar-refractivity contribution in [2.45, 2.75) is 43.3 Å². The largest absolute Gasteiger partial charge is 0.284 e. The Bertz CT molecular complexity index is 696. The Labute approximate surface area is 125 Å². The summed E-state index contributed by atoms with van der Waals surface area (Å²) in [5.41, 5.74) is 0.470. The van der Waals surface area contributed by atoms with Crippen LogP contribution in [-0.2, 0) is 0 Å². The molecule has 0 atom stereocenters. The van der Waals surface area contributed by atoms with Crippen LogP contribution in [-0.4, -0.2) is 21.7 Å². The molecule has 0 N–H and O–H groups in total. The maximum absolute atomic E-state index is 12.7. The summed E-state index contributed by atoms with van der Waals surface area (Å²) in [7, 11) is 0. The van der Waals surface area contributed by atoms with Crippen LogP contribution in [0.1, 0.15) is 31.7 Å². The summed E-state index contributed by atoms with van der Waals surface area (Å²) < 4.78 is 26.7. The number of hydrogen-bond acceptors (Lipinski definition) is 3. The Balaban J connectivity index is 2.12. The molecule has 1 heterocycles. The second kappa shape index (κ2) is 6.13. The molecule has 1 fully saturated rings. The quantitative estimate of drug-likeness (QED) is 0.635. The van der Waals surface area contributed by atoms with Crippen LogP contribution in [0, 0.1) is 0 Å². The van der Waals surface area contributed by atoms with Crippen molar-refractivity contribution in [3.63, 3.8) is 0 Å². The van der Waals surface area contributed by atoms with E-state index in [0.717, 1.165) is 37.4 Å². The topological polar surface area (TPSA) is 34.9 Å². The van der Waals surface area contributed by atoms with Gasteiger partial charge in [-0.3, -0.25) is 9.36 Å². The first kappa shape index (κ1) is 14.5. The van der Waals surface area contributed by atoms with Crippen LogP contribution in [0.15, 0.2) is 34.2 Å². The van der Waals surface area contributed by atoms with Crippen LogP contribution in [0.25, 0.3) is 10.9 Å². The molecule has 0 spiro atoms. The van der Waals surface area contributed by atoms with Crippen LogP contribution >= 0.6 is 11.8 Å². The first-order chi connectivity index (χ1) is 10.2. The molecule has 0 saturated heterocycles. The number of rotatable bonds is 4. The lowest BCUT2D eigenvalue weighted by atomic mass is 10.2. The van der Waals surface area contributed by atoms with Gasteiger partial charge in [0.15, 0.2) is 5.16 Å². The summed E-state index contributed by atoms with van der Waals surface area (Å²) in [6.07, 6.45) is 1.58. The highest BCUT2D eigenvalue weighted by Gasteiger charge is 2.23. The van der Waals surface area contributed by atoms with E-state index in [0.29, 0.717) is 16.1 Å². The number of halogens is 2. The highest BCUT2D eigenvalue weighted by Crippen LogP contribution is 2.32. The van der Waals surface area contributed by atoms with E-state index in [2.05, 4.69) is 4.98 Å². The van der Waals surface area contributed by atoms with E-state index in [4.69, 9.17) is 0 Å². The molecule has 0 amide bonds. The third-order valence-corrected chi connectivity index (χ3v) is 4.77. The standard InChI is InChI=1S/C15H16F2N2OS/c16-13(17)9-21-15-18-12-8-4-3-7-11(12)14(20)19(15)10-5-1-2-6-10/h3-4,7-8,10,13H,1-2,5-6,9H2. The molecule has 1 saturated carbocycles. The lowest BCUT2D eigenvalue weighted by Gasteiger charge is -2.18. The minimum atomic E-state index is -2.41. The summed E-state index contributed by atoms with van der Waals surface area (Å²) in [5.74, 6) is -0.336. The Morgan fingerprint density at radius 3 is 2.71 bits per heavy atom. The van der Waals surface area contributed by atoms with Crippen molar-refractivity contribution in [1.82, 2.24) is 9.55 Å². The van der Waals surface area contributed by atoms with Gasteiger partial charge in [-0.1, -0.05) is 36.7 Å². The minimum Gasteiger partial charge on any atom is -0.284 e. The zero-order chi connectivity index (χ0) is 14.8.